The van der Waals surface area contributed by atoms with Crippen molar-refractivity contribution in [3.63, 3.8) is 0 Å². The van der Waals surface area contributed by atoms with E-state index < -0.39 is 5.91 Å². The number of carbonyl (C=O) groups is 3. The third-order valence-electron chi connectivity index (χ3n) is 6.31. The molecule has 0 saturated heterocycles. The van der Waals surface area contributed by atoms with Gasteiger partial charge in [0.05, 0.1) is 21.7 Å². The summed E-state index contributed by atoms with van der Waals surface area (Å²) < 4.78 is 0. The first-order valence-electron chi connectivity index (χ1n) is 12.1. The number of rotatable bonds is 8. The van der Waals surface area contributed by atoms with Crippen molar-refractivity contribution in [2.24, 2.45) is 0 Å². The highest BCUT2D eigenvalue weighted by Crippen LogP contribution is 2.30. The summed E-state index contributed by atoms with van der Waals surface area (Å²) in [7, 11) is 1.65. The lowest BCUT2D eigenvalue weighted by Crippen LogP contribution is -2.41. The first-order chi connectivity index (χ1) is 18.2. The first kappa shape index (κ1) is 27.8. The zero-order chi connectivity index (χ0) is 27.2. The van der Waals surface area contributed by atoms with E-state index in [2.05, 4.69) is 22.0 Å². The molecule has 0 aliphatic heterocycles. The molecule has 4 amide bonds. The maximum absolute atomic E-state index is 12.9. The van der Waals surface area contributed by atoms with Gasteiger partial charge < -0.3 is 20.9 Å². The molecule has 3 N–H and O–H groups in total. The van der Waals surface area contributed by atoms with E-state index in [0.29, 0.717) is 11.6 Å². The molecule has 0 spiro atoms. The SMILES string of the molecule is CN(Cc1cccc(Cl)c1)C(=O)c1cc(Cl)c(C(=O)NCCNC(=O)N[C@@H]2CCc3ccccc32)c(Cl)c1. The van der Waals surface area contributed by atoms with Gasteiger partial charge >= 0.3 is 6.03 Å². The predicted molar refractivity (Wildman–Crippen MR) is 150 cm³/mol. The summed E-state index contributed by atoms with van der Waals surface area (Å²) in [4.78, 5) is 39.4. The molecular weight excluding hydrogens is 547 g/mol. The number of nitrogens with zero attached hydrogens (tertiary/aromatic N) is 1. The van der Waals surface area contributed by atoms with E-state index in [1.165, 1.54) is 22.6 Å². The van der Waals surface area contributed by atoms with Gasteiger partial charge in [-0.25, -0.2) is 4.79 Å². The molecule has 1 aliphatic rings. The van der Waals surface area contributed by atoms with E-state index in [1.54, 1.807) is 19.2 Å². The number of nitrogens with one attached hydrogen (secondary N) is 3. The summed E-state index contributed by atoms with van der Waals surface area (Å²) in [6, 6.07) is 17.8. The standard InChI is InChI=1S/C28H27Cl3N4O3/c1-35(16-17-5-4-7-20(29)13-17)27(37)19-14-22(30)25(23(31)15-19)26(36)32-11-12-33-28(38)34-24-10-9-18-6-2-3-8-21(18)24/h2-8,13-15,24H,9-12,16H2,1H3,(H,32,36)(H2,33,34,38)/t24-/m1/s1. The molecule has 7 nitrogen and oxygen atoms in total. The summed E-state index contributed by atoms with van der Waals surface area (Å²) in [6.45, 7) is 0.722. The average molecular weight is 574 g/mol. The van der Waals surface area contributed by atoms with E-state index >= 15 is 0 Å². The number of benzene rings is 3. The Morgan fingerprint density at radius 1 is 0.921 bits per heavy atom. The van der Waals surface area contributed by atoms with Crippen LogP contribution in [-0.4, -0.2) is 42.9 Å². The van der Waals surface area contributed by atoms with E-state index in [0.717, 1.165) is 24.0 Å². The first-order valence-corrected chi connectivity index (χ1v) is 13.3. The van der Waals surface area contributed by atoms with Gasteiger partial charge in [0, 0.05) is 37.3 Å². The second-order valence-corrected chi connectivity index (χ2v) is 10.3. The molecule has 0 saturated carbocycles. The fraction of sp³-hybridized carbons (Fsp3) is 0.250. The Morgan fingerprint density at radius 2 is 1.63 bits per heavy atom. The molecular formula is C28H27Cl3N4O3. The van der Waals surface area contributed by atoms with Crippen LogP contribution in [-0.2, 0) is 13.0 Å². The van der Waals surface area contributed by atoms with Crippen LogP contribution in [0.1, 0.15) is 49.9 Å². The van der Waals surface area contributed by atoms with Crippen molar-refractivity contribution >= 4 is 52.6 Å². The Hall–Kier alpha value is -3.26. The fourth-order valence-electron chi connectivity index (χ4n) is 4.47. The van der Waals surface area contributed by atoms with Crippen molar-refractivity contribution in [2.75, 3.05) is 20.1 Å². The molecule has 0 heterocycles. The van der Waals surface area contributed by atoms with Crippen molar-refractivity contribution in [2.45, 2.75) is 25.4 Å². The number of amides is 4. The number of hydrogen-bond donors (Lipinski definition) is 3. The van der Waals surface area contributed by atoms with Crippen molar-refractivity contribution in [1.29, 1.82) is 0 Å². The van der Waals surface area contributed by atoms with Crippen molar-refractivity contribution < 1.29 is 14.4 Å². The zero-order valence-electron chi connectivity index (χ0n) is 20.7. The lowest BCUT2D eigenvalue weighted by atomic mass is 10.1. The zero-order valence-corrected chi connectivity index (χ0v) is 23.0. The Kier molecular flexibility index (Phi) is 9.15. The van der Waals surface area contributed by atoms with Crippen LogP contribution in [0, 0.1) is 0 Å². The van der Waals surface area contributed by atoms with Crippen LogP contribution in [0.4, 0.5) is 4.79 Å². The molecule has 0 fully saturated rings. The van der Waals surface area contributed by atoms with E-state index in [9.17, 15) is 14.4 Å². The maximum atomic E-state index is 12.9. The highest BCUT2D eigenvalue weighted by atomic mass is 35.5. The van der Waals surface area contributed by atoms with Gasteiger partial charge in [0.25, 0.3) is 11.8 Å². The summed E-state index contributed by atoms with van der Waals surface area (Å²) in [5.41, 5.74) is 3.58. The van der Waals surface area contributed by atoms with Crippen LogP contribution in [0.25, 0.3) is 0 Å². The van der Waals surface area contributed by atoms with Gasteiger partial charge in [-0.05, 0) is 53.8 Å². The van der Waals surface area contributed by atoms with E-state index in [4.69, 9.17) is 34.8 Å². The van der Waals surface area contributed by atoms with Gasteiger partial charge in [-0.1, -0.05) is 71.2 Å². The second kappa shape index (κ2) is 12.5. The smallest absolute Gasteiger partial charge is 0.315 e. The minimum atomic E-state index is -0.502. The minimum Gasteiger partial charge on any atom is -0.350 e. The Balaban J connectivity index is 1.27. The summed E-state index contributed by atoms with van der Waals surface area (Å²) in [5, 5.41) is 9.11. The Morgan fingerprint density at radius 3 is 2.37 bits per heavy atom. The maximum Gasteiger partial charge on any atom is 0.315 e. The minimum absolute atomic E-state index is 0.0239. The van der Waals surface area contributed by atoms with Gasteiger partial charge in [0.2, 0.25) is 0 Å². The van der Waals surface area contributed by atoms with Crippen LogP contribution >= 0.6 is 34.8 Å². The van der Waals surface area contributed by atoms with Gasteiger partial charge in [-0.2, -0.15) is 0 Å². The number of hydrogen-bond acceptors (Lipinski definition) is 3. The van der Waals surface area contributed by atoms with Gasteiger partial charge in [0.15, 0.2) is 0 Å². The second-order valence-electron chi connectivity index (χ2n) is 9.05. The fourth-order valence-corrected chi connectivity index (χ4v) is 5.34. The van der Waals surface area contributed by atoms with Crippen LogP contribution in [0.2, 0.25) is 15.1 Å². The molecule has 0 unspecified atom stereocenters. The van der Waals surface area contributed by atoms with Crippen LogP contribution in [0.5, 0.6) is 0 Å². The largest absolute Gasteiger partial charge is 0.350 e. The average Bonchev–Trinajstić information content (AvgIpc) is 3.28. The summed E-state index contributed by atoms with van der Waals surface area (Å²) in [6.07, 6.45) is 1.79. The molecule has 38 heavy (non-hydrogen) atoms. The third kappa shape index (κ3) is 6.78. The molecule has 0 radical (unpaired) electrons. The number of halogens is 3. The van der Waals surface area contributed by atoms with Crippen LogP contribution in [0.15, 0.2) is 60.7 Å². The number of carbonyl (C=O) groups excluding carboxylic acids is 3. The highest BCUT2D eigenvalue weighted by Gasteiger charge is 2.23. The topological polar surface area (TPSA) is 90.5 Å². The number of aryl methyl sites for hydroxylation is 1. The molecule has 0 bridgehead atoms. The van der Waals surface area contributed by atoms with Gasteiger partial charge in [-0.3, -0.25) is 9.59 Å². The Bertz CT molecular complexity index is 1340. The molecule has 1 atom stereocenters. The Labute approximate surface area is 236 Å². The molecule has 3 aromatic carbocycles. The molecule has 198 valence electrons. The van der Waals surface area contributed by atoms with Crippen molar-refractivity contribution in [3.05, 3.63) is 104 Å². The molecule has 3 aromatic rings. The third-order valence-corrected chi connectivity index (χ3v) is 7.14. The highest BCUT2D eigenvalue weighted by molar-refractivity contribution is 6.40. The van der Waals surface area contributed by atoms with Crippen molar-refractivity contribution in [1.82, 2.24) is 20.9 Å². The van der Waals surface area contributed by atoms with E-state index in [-0.39, 0.29) is 52.2 Å². The van der Waals surface area contributed by atoms with Crippen molar-refractivity contribution in [3.8, 4) is 0 Å². The monoisotopic (exact) mass is 572 g/mol. The lowest BCUT2D eigenvalue weighted by Gasteiger charge is -2.18. The molecule has 1 aliphatic carbocycles. The van der Waals surface area contributed by atoms with Crippen LogP contribution in [0.3, 0.4) is 0 Å². The van der Waals surface area contributed by atoms with E-state index in [1.807, 2.05) is 30.3 Å². The van der Waals surface area contributed by atoms with Gasteiger partial charge in [-0.15, -0.1) is 0 Å². The predicted octanol–water partition coefficient (Wildman–Crippen LogP) is 5.64. The lowest BCUT2D eigenvalue weighted by molar-refractivity contribution is 0.0784. The summed E-state index contributed by atoms with van der Waals surface area (Å²) >= 11 is 18.7. The number of urea groups is 1. The normalized spacial score (nSPS) is 13.9. The quantitative estimate of drug-likeness (QED) is 0.305. The summed E-state index contributed by atoms with van der Waals surface area (Å²) in [5.74, 6) is -0.806. The molecule has 10 heteroatoms. The molecule has 0 aromatic heterocycles. The number of fused-ring (bicyclic) bond motifs is 1. The molecule has 4 rings (SSSR count). The van der Waals surface area contributed by atoms with Crippen LogP contribution < -0.4 is 16.0 Å². The van der Waals surface area contributed by atoms with Gasteiger partial charge in [0.1, 0.15) is 0 Å².